The number of H-pyrrole nitrogens is 1. The molecule has 0 saturated carbocycles. The summed E-state index contributed by atoms with van der Waals surface area (Å²) >= 11 is 0. The molecule has 0 fully saturated rings. The molecular weight excluding hydrogens is 416 g/mol. The van der Waals surface area contributed by atoms with Gasteiger partial charge in [0.1, 0.15) is 17.5 Å². The Bertz CT molecular complexity index is 1360. The molecule has 160 valence electrons. The zero-order valence-corrected chi connectivity index (χ0v) is 16.7. The van der Waals surface area contributed by atoms with Crippen LogP contribution in [0, 0.1) is 10.1 Å². The van der Waals surface area contributed by atoms with E-state index < -0.39 is 16.5 Å². The van der Waals surface area contributed by atoms with Crippen LogP contribution >= 0.6 is 0 Å². The van der Waals surface area contributed by atoms with Crippen LogP contribution in [-0.4, -0.2) is 41.9 Å². The van der Waals surface area contributed by atoms with Gasteiger partial charge in [0.15, 0.2) is 0 Å². The molecule has 0 aliphatic carbocycles. The van der Waals surface area contributed by atoms with E-state index in [4.69, 9.17) is 4.74 Å². The highest BCUT2D eigenvalue weighted by Gasteiger charge is 2.34. The average molecular weight is 432 g/mol. The molecular formula is C20H16N8O4. The highest BCUT2D eigenvalue weighted by molar-refractivity contribution is 5.75. The van der Waals surface area contributed by atoms with Crippen LogP contribution in [0.3, 0.4) is 0 Å². The summed E-state index contributed by atoms with van der Waals surface area (Å²) in [7, 11) is 0. The lowest BCUT2D eigenvalue weighted by atomic mass is 9.92. The average Bonchev–Trinajstić information content (AvgIpc) is 3.28. The number of tetrazole rings is 1. The molecule has 2 aromatic carbocycles. The van der Waals surface area contributed by atoms with Gasteiger partial charge in [0.25, 0.3) is 11.2 Å². The third kappa shape index (κ3) is 3.14. The fraction of sp³-hybridized carbons (Fsp3) is 0.150. The van der Waals surface area contributed by atoms with Gasteiger partial charge >= 0.3 is 0 Å². The lowest BCUT2D eigenvalue weighted by Crippen LogP contribution is -2.29. The number of nitrogens with zero attached hydrogens (tertiary/aromatic N) is 6. The topological polar surface area (TPSA) is 154 Å². The molecule has 12 heteroatoms. The van der Waals surface area contributed by atoms with E-state index in [0.29, 0.717) is 35.1 Å². The fourth-order valence-electron chi connectivity index (χ4n) is 3.72. The molecule has 5 rings (SSSR count). The molecule has 3 heterocycles. The zero-order valence-electron chi connectivity index (χ0n) is 16.7. The quantitative estimate of drug-likeness (QED) is 0.315. The van der Waals surface area contributed by atoms with Gasteiger partial charge in [-0.25, -0.2) is 5.10 Å². The molecule has 2 N–H and O–H groups in total. The smallest absolute Gasteiger partial charge is 0.288 e. The van der Waals surface area contributed by atoms with Gasteiger partial charge in [0, 0.05) is 23.3 Å². The van der Waals surface area contributed by atoms with Crippen molar-refractivity contribution in [1.29, 1.82) is 0 Å². The second-order valence-corrected chi connectivity index (χ2v) is 6.97. The Hall–Kier alpha value is -4.61. The molecule has 0 bridgehead atoms. The highest BCUT2D eigenvalue weighted by Crippen LogP contribution is 2.41. The van der Waals surface area contributed by atoms with Crippen molar-refractivity contribution < 1.29 is 9.66 Å². The van der Waals surface area contributed by atoms with E-state index in [9.17, 15) is 14.9 Å². The molecule has 0 radical (unpaired) electrons. The standard InChI is InChI=1S/C20H16N8O4/c1-2-32-14-9-5-12(6-10-14)18-15-16(11-3-7-13(8-4-11)28(30)31)22-23-19(29)17(15)21-20-24-25-26-27(18)20/h3-10,18H,2H2,1H3,(H,23,29)(H,21,24,26)/t18-/m1/s1. The number of rotatable bonds is 5. The van der Waals surface area contributed by atoms with E-state index in [1.54, 1.807) is 16.8 Å². The molecule has 4 aromatic rings. The highest BCUT2D eigenvalue weighted by atomic mass is 16.6. The van der Waals surface area contributed by atoms with Crippen LogP contribution in [0.15, 0.2) is 53.3 Å². The maximum atomic E-state index is 12.7. The molecule has 1 aliphatic heterocycles. The van der Waals surface area contributed by atoms with Gasteiger partial charge < -0.3 is 10.1 Å². The summed E-state index contributed by atoms with van der Waals surface area (Å²) < 4.78 is 7.10. The summed E-state index contributed by atoms with van der Waals surface area (Å²) in [5, 5.41) is 32.6. The molecule has 32 heavy (non-hydrogen) atoms. The van der Waals surface area contributed by atoms with Crippen molar-refractivity contribution in [2.75, 3.05) is 11.9 Å². The van der Waals surface area contributed by atoms with E-state index in [1.807, 2.05) is 31.2 Å². The Balaban J connectivity index is 1.71. The number of nitro benzene ring substituents is 1. The minimum atomic E-state index is -0.563. The van der Waals surface area contributed by atoms with Gasteiger partial charge in [0.2, 0.25) is 5.95 Å². The summed E-state index contributed by atoms with van der Waals surface area (Å²) in [6, 6.07) is 12.8. The van der Waals surface area contributed by atoms with Gasteiger partial charge in [-0.1, -0.05) is 17.2 Å². The molecule has 12 nitrogen and oxygen atoms in total. The number of fused-ring (bicyclic) bond motifs is 2. The van der Waals surface area contributed by atoms with E-state index in [2.05, 4.69) is 31.0 Å². The van der Waals surface area contributed by atoms with Crippen molar-refractivity contribution in [1.82, 2.24) is 30.4 Å². The Labute approximate surface area is 180 Å². The molecule has 2 aromatic heterocycles. The van der Waals surface area contributed by atoms with Crippen LogP contribution in [-0.2, 0) is 0 Å². The summed E-state index contributed by atoms with van der Waals surface area (Å²) in [6.07, 6.45) is 0. The van der Waals surface area contributed by atoms with Crippen molar-refractivity contribution in [3.8, 4) is 17.0 Å². The van der Waals surface area contributed by atoms with E-state index in [-0.39, 0.29) is 11.4 Å². The van der Waals surface area contributed by atoms with Crippen LogP contribution in [0.25, 0.3) is 11.3 Å². The zero-order chi connectivity index (χ0) is 22.2. The van der Waals surface area contributed by atoms with Crippen molar-refractivity contribution >= 4 is 17.3 Å². The monoisotopic (exact) mass is 432 g/mol. The lowest BCUT2D eigenvalue weighted by Gasteiger charge is -2.27. The SMILES string of the molecule is CCOc1ccc([C@@H]2c3c(-c4ccc([N+](=O)[O-])cc4)n[nH]c(=O)c3Nc3nnnn32)cc1. The van der Waals surface area contributed by atoms with Gasteiger partial charge in [-0.05, 0) is 47.2 Å². The van der Waals surface area contributed by atoms with Crippen LogP contribution in [0.2, 0.25) is 0 Å². The second-order valence-electron chi connectivity index (χ2n) is 6.97. The first-order valence-electron chi connectivity index (χ1n) is 9.72. The molecule has 0 spiro atoms. The predicted molar refractivity (Wildman–Crippen MR) is 113 cm³/mol. The molecule has 1 atom stereocenters. The Morgan fingerprint density at radius 1 is 1.16 bits per heavy atom. The van der Waals surface area contributed by atoms with Crippen molar-refractivity contribution in [2.45, 2.75) is 13.0 Å². The van der Waals surface area contributed by atoms with Crippen LogP contribution in [0.1, 0.15) is 24.1 Å². The van der Waals surface area contributed by atoms with Crippen molar-refractivity contribution in [3.05, 3.63) is 80.1 Å². The summed E-state index contributed by atoms with van der Waals surface area (Å²) in [6.45, 7) is 2.44. The van der Waals surface area contributed by atoms with Gasteiger partial charge in [-0.15, -0.1) is 0 Å². The van der Waals surface area contributed by atoms with Crippen LogP contribution in [0.5, 0.6) is 5.75 Å². The fourth-order valence-corrected chi connectivity index (χ4v) is 3.72. The van der Waals surface area contributed by atoms with Gasteiger partial charge in [-0.3, -0.25) is 14.9 Å². The third-order valence-electron chi connectivity index (χ3n) is 5.13. The summed E-state index contributed by atoms with van der Waals surface area (Å²) in [5.74, 6) is 1.02. The Kier molecular flexibility index (Phi) is 4.58. The normalized spacial score (nSPS) is 14.2. The maximum Gasteiger partial charge on any atom is 0.288 e. The Morgan fingerprint density at radius 3 is 2.59 bits per heavy atom. The molecule has 1 aliphatic rings. The number of aromatic nitrogens is 6. The number of hydrogen-bond donors (Lipinski definition) is 2. The van der Waals surface area contributed by atoms with Crippen molar-refractivity contribution in [3.63, 3.8) is 0 Å². The third-order valence-corrected chi connectivity index (χ3v) is 5.13. The largest absolute Gasteiger partial charge is 0.494 e. The number of nitrogens with one attached hydrogen (secondary N) is 2. The van der Waals surface area contributed by atoms with E-state index in [0.717, 1.165) is 5.56 Å². The minimum Gasteiger partial charge on any atom is -0.494 e. The number of aromatic amines is 1. The number of non-ortho nitro benzene ring substituents is 1. The van der Waals surface area contributed by atoms with Gasteiger partial charge in [0.05, 0.1) is 17.2 Å². The Morgan fingerprint density at radius 2 is 1.91 bits per heavy atom. The van der Waals surface area contributed by atoms with E-state index >= 15 is 0 Å². The number of nitro groups is 1. The molecule has 0 unspecified atom stereocenters. The number of benzene rings is 2. The number of hydrogen-bond acceptors (Lipinski definition) is 9. The first-order valence-corrected chi connectivity index (χ1v) is 9.72. The van der Waals surface area contributed by atoms with E-state index in [1.165, 1.54) is 12.1 Å². The summed E-state index contributed by atoms with van der Waals surface area (Å²) in [4.78, 5) is 23.2. The first-order chi connectivity index (χ1) is 15.6. The van der Waals surface area contributed by atoms with Gasteiger partial charge in [-0.2, -0.15) is 9.78 Å². The second kappa shape index (κ2) is 7.58. The number of anilines is 2. The van der Waals surface area contributed by atoms with Crippen LogP contribution < -0.4 is 15.6 Å². The maximum absolute atomic E-state index is 12.7. The summed E-state index contributed by atoms with van der Waals surface area (Å²) in [5.41, 5.74) is 2.17. The minimum absolute atomic E-state index is 0.0454. The first kappa shape index (κ1) is 19.4. The van der Waals surface area contributed by atoms with Crippen LogP contribution in [0.4, 0.5) is 17.3 Å². The van der Waals surface area contributed by atoms with Crippen molar-refractivity contribution in [2.24, 2.45) is 0 Å². The predicted octanol–water partition coefficient (Wildman–Crippen LogP) is 2.42. The number of ether oxygens (including phenoxy) is 1. The lowest BCUT2D eigenvalue weighted by molar-refractivity contribution is -0.384. The molecule has 0 saturated heterocycles. The molecule has 0 amide bonds.